The molecule has 114 valence electrons. The van der Waals surface area contributed by atoms with Gasteiger partial charge >= 0.3 is 12.1 Å². The summed E-state index contributed by atoms with van der Waals surface area (Å²) in [5, 5.41) is 0. The molecule has 0 aromatic heterocycles. The molecule has 0 aliphatic carbocycles. The number of ether oxygens (including phenoxy) is 2. The van der Waals surface area contributed by atoms with Gasteiger partial charge in [-0.3, -0.25) is 4.79 Å². The first kappa shape index (κ1) is 18.3. The molecule has 0 aliphatic rings. The van der Waals surface area contributed by atoms with Crippen molar-refractivity contribution in [2.75, 3.05) is 14.2 Å². The predicted octanol–water partition coefficient (Wildman–Crippen LogP) is 3.85. The van der Waals surface area contributed by atoms with Crippen LogP contribution in [0.2, 0.25) is 0 Å². The number of aryl methyl sites for hydroxylation is 1. The molecule has 0 bridgehead atoms. The molecule has 0 atom stereocenters. The first-order valence-electron chi connectivity index (χ1n) is 6.18. The average Bonchev–Trinajstić information content (AvgIpc) is 2.45. The van der Waals surface area contributed by atoms with E-state index in [0.29, 0.717) is 5.56 Å². The molecular formula is C14H19F3O3. The summed E-state index contributed by atoms with van der Waals surface area (Å²) >= 11 is 0. The fraction of sp³-hybridized carbons (Fsp3) is 0.500. The van der Waals surface area contributed by atoms with Crippen LogP contribution in [0.5, 0.6) is 5.75 Å². The minimum atomic E-state index is -4.44. The standard InChI is InChI=1S/C12H13F3O3.C2H6/c1-17-10-6-8(3-4-11(16)18-2)5-9(7-10)12(13,14)15;1-2/h5-7H,3-4H2,1-2H3;1-2H3. The second-order valence-corrected chi connectivity index (χ2v) is 3.64. The Morgan fingerprint density at radius 2 is 1.75 bits per heavy atom. The third kappa shape index (κ3) is 5.95. The van der Waals surface area contributed by atoms with Crippen molar-refractivity contribution >= 4 is 5.97 Å². The maximum atomic E-state index is 12.6. The molecule has 0 N–H and O–H groups in total. The summed E-state index contributed by atoms with van der Waals surface area (Å²) in [5.74, 6) is -0.351. The third-order valence-electron chi connectivity index (χ3n) is 2.37. The Morgan fingerprint density at radius 3 is 2.20 bits per heavy atom. The molecule has 6 heteroatoms. The smallest absolute Gasteiger partial charge is 0.416 e. The molecule has 0 aliphatic heterocycles. The van der Waals surface area contributed by atoms with Gasteiger partial charge in [-0.25, -0.2) is 0 Å². The fourth-order valence-electron chi connectivity index (χ4n) is 1.44. The molecule has 1 aromatic carbocycles. The van der Waals surface area contributed by atoms with Gasteiger partial charge in [-0.05, 0) is 30.2 Å². The van der Waals surface area contributed by atoms with Gasteiger partial charge in [-0.2, -0.15) is 13.2 Å². The zero-order valence-electron chi connectivity index (χ0n) is 12.0. The van der Waals surface area contributed by atoms with E-state index >= 15 is 0 Å². The zero-order valence-corrected chi connectivity index (χ0v) is 12.0. The number of hydrogen-bond donors (Lipinski definition) is 0. The molecule has 1 aromatic rings. The number of benzene rings is 1. The van der Waals surface area contributed by atoms with Crippen molar-refractivity contribution in [1.29, 1.82) is 0 Å². The largest absolute Gasteiger partial charge is 0.497 e. The van der Waals surface area contributed by atoms with E-state index in [2.05, 4.69) is 4.74 Å². The highest BCUT2D eigenvalue weighted by molar-refractivity contribution is 5.69. The van der Waals surface area contributed by atoms with Gasteiger partial charge in [0.1, 0.15) is 5.75 Å². The van der Waals surface area contributed by atoms with Gasteiger partial charge in [0, 0.05) is 6.42 Å². The summed E-state index contributed by atoms with van der Waals surface area (Å²) in [6.45, 7) is 4.00. The molecule has 0 radical (unpaired) electrons. The van der Waals surface area contributed by atoms with Crippen molar-refractivity contribution < 1.29 is 27.4 Å². The second kappa shape index (κ2) is 8.45. The fourth-order valence-corrected chi connectivity index (χ4v) is 1.44. The SMILES string of the molecule is CC.COC(=O)CCc1cc(OC)cc(C(F)(F)F)c1. The van der Waals surface area contributed by atoms with Gasteiger partial charge in [0.25, 0.3) is 0 Å². The van der Waals surface area contributed by atoms with Gasteiger partial charge in [0.15, 0.2) is 0 Å². The number of halogens is 3. The Balaban J connectivity index is 0.00000172. The van der Waals surface area contributed by atoms with E-state index in [-0.39, 0.29) is 18.6 Å². The van der Waals surface area contributed by atoms with Crippen molar-refractivity contribution in [2.45, 2.75) is 32.9 Å². The molecule has 0 saturated heterocycles. The predicted molar refractivity (Wildman–Crippen MR) is 69.7 cm³/mol. The minimum Gasteiger partial charge on any atom is -0.497 e. The summed E-state index contributed by atoms with van der Waals surface area (Å²) in [5.41, 5.74) is -0.409. The lowest BCUT2D eigenvalue weighted by atomic mass is 10.1. The Bertz CT molecular complexity index is 428. The molecule has 0 unspecified atom stereocenters. The number of hydrogen-bond acceptors (Lipinski definition) is 3. The van der Waals surface area contributed by atoms with Crippen LogP contribution < -0.4 is 4.74 Å². The molecule has 0 heterocycles. The lowest BCUT2D eigenvalue weighted by Crippen LogP contribution is -2.07. The molecule has 20 heavy (non-hydrogen) atoms. The molecular weight excluding hydrogens is 273 g/mol. The Morgan fingerprint density at radius 1 is 1.15 bits per heavy atom. The van der Waals surface area contributed by atoms with Crippen LogP contribution in [0, 0.1) is 0 Å². The van der Waals surface area contributed by atoms with Crippen molar-refractivity contribution in [3.05, 3.63) is 29.3 Å². The number of esters is 1. The lowest BCUT2D eigenvalue weighted by Gasteiger charge is -2.11. The topological polar surface area (TPSA) is 35.5 Å². The van der Waals surface area contributed by atoms with Crippen molar-refractivity contribution in [2.24, 2.45) is 0 Å². The second-order valence-electron chi connectivity index (χ2n) is 3.64. The maximum absolute atomic E-state index is 12.6. The van der Waals surface area contributed by atoms with Crippen LogP contribution in [-0.4, -0.2) is 20.2 Å². The van der Waals surface area contributed by atoms with E-state index in [1.165, 1.54) is 20.3 Å². The van der Waals surface area contributed by atoms with E-state index in [1.54, 1.807) is 0 Å². The number of alkyl halides is 3. The summed E-state index contributed by atoms with van der Waals surface area (Å²) in [6, 6.07) is 3.39. The summed E-state index contributed by atoms with van der Waals surface area (Å²) < 4.78 is 47.0. The molecule has 0 amide bonds. The van der Waals surface area contributed by atoms with Gasteiger partial charge in [0.05, 0.1) is 19.8 Å². The van der Waals surface area contributed by atoms with Crippen LogP contribution in [0.4, 0.5) is 13.2 Å². The van der Waals surface area contributed by atoms with Gasteiger partial charge in [-0.15, -0.1) is 0 Å². The van der Waals surface area contributed by atoms with Crippen LogP contribution in [0.3, 0.4) is 0 Å². The average molecular weight is 292 g/mol. The van der Waals surface area contributed by atoms with Crippen molar-refractivity contribution in [1.82, 2.24) is 0 Å². The van der Waals surface area contributed by atoms with E-state index in [1.807, 2.05) is 13.8 Å². The molecule has 0 fully saturated rings. The van der Waals surface area contributed by atoms with E-state index in [9.17, 15) is 18.0 Å². The highest BCUT2D eigenvalue weighted by Gasteiger charge is 2.31. The normalized spacial score (nSPS) is 10.3. The Hall–Kier alpha value is -1.72. The van der Waals surface area contributed by atoms with Crippen LogP contribution in [0.25, 0.3) is 0 Å². The van der Waals surface area contributed by atoms with Gasteiger partial charge < -0.3 is 9.47 Å². The first-order chi connectivity index (χ1) is 9.36. The van der Waals surface area contributed by atoms with Gasteiger partial charge in [0.2, 0.25) is 0 Å². The van der Waals surface area contributed by atoms with Crippen LogP contribution in [0.1, 0.15) is 31.4 Å². The van der Waals surface area contributed by atoms with E-state index < -0.39 is 17.7 Å². The minimum absolute atomic E-state index is 0.0287. The summed E-state index contributed by atoms with van der Waals surface area (Å²) in [6.07, 6.45) is -4.23. The third-order valence-corrected chi connectivity index (χ3v) is 2.37. The van der Waals surface area contributed by atoms with E-state index in [0.717, 1.165) is 12.1 Å². The van der Waals surface area contributed by atoms with E-state index in [4.69, 9.17) is 4.74 Å². The van der Waals surface area contributed by atoms with Crippen molar-refractivity contribution in [3.8, 4) is 5.75 Å². The highest BCUT2D eigenvalue weighted by atomic mass is 19.4. The highest BCUT2D eigenvalue weighted by Crippen LogP contribution is 2.32. The zero-order chi connectivity index (χ0) is 15.8. The number of rotatable bonds is 4. The van der Waals surface area contributed by atoms with Gasteiger partial charge in [-0.1, -0.05) is 13.8 Å². The van der Waals surface area contributed by atoms with Crippen LogP contribution >= 0.6 is 0 Å². The number of carbonyl (C=O) groups is 1. The first-order valence-corrected chi connectivity index (χ1v) is 6.18. The van der Waals surface area contributed by atoms with Crippen LogP contribution in [0.15, 0.2) is 18.2 Å². The summed E-state index contributed by atoms with van der Waals surface area (Å²) in [7, 11) is 2.52. The lowest BCUT2D eigenvalue weighted by molar-refractivity contribution is -0.140. The number of carbonyl (C=O) groups excluding carboxylic acids is 1. The quantitative estimate of drug-likeness (QED) is 0.791. The molecule has 0 spiro atoms. The number of methoxy groups -OCH3 is 2. The Kier molecular flexibility index (Phi) is 7.72. The van der Waals surface area contributed by atoms with Crippen LogP contribution in [-0.2, 0) is 22.1 Å². The Labute approximate surface area is 116 Å². The monoisotopic (exact) mass is 292 g/mol. The summed E-state index contributed by atoms with van der Waals surface area (Å²) in [4.78, 5) is 10.9. The molecule has 1 rings (SSSR count). The van der Waals surface area contributed by atoms with Crippen molar-refractivity contribution in [3.63, 3.8) is 0 Å². The maximum Gasteiger partial charge on any atom is 0.416 e. The molecule has 0 saturated carbocycles. The molecule has 3 nitrogen and oxygen atoms in total.